The van der Waals surface area contributed by atoms with Gasteiger partial charge >= 0.3 is 0 Å². The maximum atomic E-state index is 5.72. The average molecular weight is 231 g/mol. The van der Waals surface area contributed by atoms with Crippen LogP contribution in [0.4, 0.5) is 0 Å². The minimum Gasteiger partial charge on any atom is -0.379 e. The molecule has 84 valence electrons. The molecule has 15 heavy (non-hydrogen) atoms. The van der Waals surface area contributed by atoms with Gasteiger partial charge in [-0.25, -0.2) is 4.98 Å². The van der Waals surface area contributed by atoms with E-state index in [2.05, 4.69) is 9.55 Å². The number of alkyl halides is 1. The number of halogens is 1. The summed E-state index contributed by atoms with van der Waals surface area (Å²) in [4.78, 5) is 4.21. The Bertz CT molecular complexity index is 316. The quantitative estimate of drug-likeness (QED) is 0.740. The van der Waals surface area contributed by atoms with Crippen LogP contribution in [0.2, 0.25) is 0 Å². The number of hydrogen-bond donors (Lipinski definition) is 0. The van der Waals surface area contributed by atoms with Gasteiger partial charge in [0, 0.05) is 19.9 Å². The monoisotopic (exact) mass is 230 g/mol. The van der Waals surface area contributed by atoms with Crippen LogP contribution in [-0.2, 0) is 15.4 Å². The van der Waals surface area contributed by atoms with E-state index in [1.165, 1.54) is 0 Å². The molecule has 0 aromatic carbocycles. The first-order valence-corrected chi connectivity index (χ1v) is 5.57. The van der Waals surface area contributed by atoms with Crippen LogP contribution < -0.4 is 0 Å². The normalized spacial score (nSPS) is 26.8. The molecular formula is C10H15ClN2O2. The summed E-state index contributed by atoms with van der Waals surface area (Å²) in [6, 6.07) is 0.313. The number of nitrogens with zero attached hydrogens (tertiary/aromatic N) is 2. The van der Waals surface area contributed by atoms with Crippen molar-refractivity contribution in [1.29, 1.82) is 0 Å². The van der Waals surface area contributed by atoms with Crippen LogP contribution in [-0.4, -0.2) is 36.0 Å². The number of hydrogen-bond acceptors (Lipinski definition) is 3. The van der Waals surface area contributed by atoms with Gasteiger partial charge in [-0.15, -0.1) is 11.6 Å². The van der Waals surface area contributed by atoms with Crippen molar-refractivity contribution in [3.63, 3.8) is 0 Å². The Morgan fingerprint density at radius 1 is 1.73 bits per heavy atom. The molecule has 4 nitrogen and oxygen atoms in total. The highest BCUT2D eigenvalue weighted by atomic mass is 35.5. The lowest BCUT2D eigenvalue weighted by atomic mass is 10.1. The molecule has 0 bridgehead atoms. The molecule has 0 amide bonds. The molecule has 2 atom stereocenters. The first kappa shape index (κ1) is 10.9. The predicted molar refractivity (Wildman–Crippen MR) is 57.1 cm³/mol. The Hall–Kier alpha value is -0.580. The van der Waals surface area contributed by atoms with Crippen LogP contribution in [0, 0.1) is 0 Å². The van der Waals surface area contributed by atoms with Crippen LogP contribution in [0.25, 0.3) is 0 Å². The van der Waals surface area contributed by atoms with Crippen LogP contribution >= 0.6 is 11.6 Å². The molecule has 1 fully saturated rings. The zero-order chi connectivity index (χ0) is 10.7. The third kappa shape index (κ3) is 2.33. The molecule has 5 heteroatoms. The van der Waals surface area contributed by atoms with E-state index in [4.69, 9.17) is 21.1 Å². The molecule has 0 spiro atoms. The number of methoxy groups -OCH3 is 1. The first-order valence-electron chi connectivity index (χ1n) is 5.04. The summed E-state index contributed by atoms with van der Waals surface area (Å²) in [5.41, 5.74) is 0.901. The summed E-state index contributed by atoms with van der Waals surface area (Å²) in [7, 11) is 1.71. The summed E-state index contributed by atoms with van der Waals surface area (Å²) in [5.74, 6) is 0.452. The van der Waals surface area contributed by atoms with E-state index >= 15 is 0 Å². The highest BCUT2D eigenvalue weighted by Gasteiger charge is 2.26. The third-order valence-electron chi connectivity index (χ3n) is 2.75. The second-order valence-electron chi connectivity index (χ2n) is 3.65. The Kier molecular flexibility index (Phi) is 3.61. The van der Waals surface area contributed by atoms with Crippen LogP contribution in [0.1, 0.15) is 18.2 Å². The molecule has 2 heterocycles. The van der Waals surface area contributed by atoms with Crippen LogP contribution in [0.3, 0.4) is 0 Å². The van der Waals surface area contributed by atoms with Gasteiger partial charge < -0.3 is 14.0 Å². The average Bonchev–Trinajstić information content (AvgIpc) is 2.77. The van der Waals surface area contributed by atoms with E-state index in [9.17, 15) is 0 Å². The zero-order valence-electron chi connectivity index (χ0n) is 8.73. The van der Waals surface area contributed by atoms with Gasteiger partial charge in [0.25, 0.3) is 0 Å². The first-order chi connectivity index (χ1) is 7.35. The van der Waals surface area contributed by atoms with Crippen molar-refractivity contribution in [3.05, 3.63) is 18.2 Å². The molecule has 0 N–H and O–H groups in total. The summed E-state index contributed by atoms with van der Waals surface area (Å²) in [5, 5.41) is 0. The van der Waals surface area contributed by atoms with Crippen molar-refractivity contribution in [1.82, 2.24) is 9.55 Å². The third-order valence-corrected chi connectivity index (χ3v) is 3.02. The van der Waals surface area contributed by atoms with Crippen molar-refractivity contribution < 1.29 is 9.47 Å². The highest BCUT2D eigenvalue weighted by Crippen LogP contribution is 2.23. The molecule has 2 rings (SSSR count). The molecule has 1 saturated heterocycles. The number of ether oxygens (including phenoxy) is 2. The highest BCUT2D eigenvalue weighted by molar-refractivity contribution is 6.16. The van der Waals surface area contributed by atoms with Gasteiger partial charge in [-0.3, -0.25) is 0 Å². The molecule has 0 saturated carbocycles. The predicted octanol–water partition coefficient (Wildman–Crippen LogP) is 1.60. The zero-order valence-corrected chi connectivity index (χ0v) is 9.48. The Morgan fingerprint density at radius 3 is 3.27 bits per heavy atom. The fourth-order valence-corrected chi connectivity index (χ4v) is 2.03. The minimum absolute atomic E-state index is 0.108. The topological polar surface area (TPSA) is 36.3 Å². The summed E-state index contributed by atoms with van der Waals surface area (Å²) in [6.07, 6.45) is 4.86. The van der Waals surface area contributed by atoms with Crippen molar-refractivity contribution in [2.75, 3.05) is 20.3 Å². The number of imidazole rings is 1. The molecule has 0 radical (unpaired) electrons. The Morgan fingerprint density at radius 2 is 2.60 bits per heavy atom. The summed E-state index contributed by atoms with van der Waals surface area (Å²) < 4.78 is 12.8. The maximum absolute atomic E-state index is 5.72. The van der Waals surface area contributed by atoms with E-state index in [0.717, 1.165) is 18.7 Å². The fourth-order valence-electron chi connectivity index (χ4n) is 1.90. The Balaban J connectivity index is 2.12. The van der Waals surface area contributed by atoms with E-state index in [-0.39, 0.29) is 6.10 Å². The van der Waals surface area contributed by atoms with E-state index in [0.29, 0.717) is 18.5 Å². The number of aromatic nitrogens is 2. The summed E-state index contributed by atoms with van der Waals surface area (Å²) in [6.45, 7) is 1.43. The summed E-state index contributed by atoms with van der Waals surface area (Å²) >= 11 is 5.72. The molecule has 2 unspecified atom stereocenters. The van der Waals surface area contributed by atoms with Gasteiger partial charge in [0.2, 0.25) is 0 Å². The fraction of sp³-hybridized carbons (Fsp3) is 0.700. The molecule has 0 aliphatic carbocycles. The smallest absolute Gasteiger partial charge is 0.101 e. The van der Waals surface area contributed by atoms with E-state index < -0.39 is 0 Å². The lowest BCUT2D eigenvalue weighted by Crippen LogP contribution is -2.35. The van der Waals surface area contributed by atoms with Crippen molar-refractivity contribution in [2.24, 2.45) is 0 Å². The lowest BCUT2D eigenvalue weighted by molar-refractivity contribution is -0.0601. The van der Waals surface area contributed by atoms with Gasteiger partial charge in [-0.05, 0) is 6.42 Å². The van der Waals surface area contributed by atoms with Crippen LogP contribution in [0.5, 0.6) is 0 Å². The van der Waals surface area contributed by atoms with Gasteiger partial charge in [0.1, 0.15) is 6.10 Å². The lowest BCUT2D eigenvalue weighted by Gasteiger charge is -2.31. The standard InChI is InChI=1S/C10H15ClN2O2/c1-14-10-6-15-3-2-9(10)13-5-8(4-11)12-7-13/h5,7,9-10H,2-4,6H2,1H3. The van der Waals surface area contributed by atoms with Gasteiger partial charge in [-0.2, -0.15) is 0 Å². The molecule has 1 aromatic rings. The van der Waals surface area contributed by atoms with Gasteiger partial charge in [0.15, 0.2) is 0 Å². The number of rotatable bonds is 3. The largest absolute Gasteiger partial charge is 0.379 e. The molecule has 1 aliphatic rings. The van der Waals surface area contributed by atoms with Crippen LogP contribution in [0.15, 0.2) is 12.5 Å². The molecule has 1 aliphatic heterocycles. The molecular weight excluding hydrogens is 216 g/mol. The molecule has 1 aromatic heterocycles. The van der Waals surface area contributed by atoms with E-state index in [1.54, 1.807) is 7.11 Å². The second-order valence-corrected chi connectivity index (χ2v) is 3.92. The van der Waals surface area contributed by atoms with Gasteiger partial charge in [0.05, 0.1) is 30.5 Å². The second kappa shape index (κ2) is 4.96. The minimum atomic E-state index is 0.108. The van der Waals surface area contributed by atoms with Gasteiger partial charge in [-0.1, -0.05) is 0 Å². The van der Waals surface area contributed by atoms with Crippen molar-refractivity contribution in [2.45, 2.75) is 24.4 Å². The van der Waals surface area contributed by atoms with Crippen molar-refractivity contribution >= 4 is 11.6 Å². The maximum Gasteiger partial charge on any atom is 0.101 e. The van der Waals surface area contributed by atoms with E-state index in [1.807, 2.05) is 12.5 Å². The SMILES string of the molecule is COC1COCCC1n1cnc(CCl)c1. The van der Waals surface area contributed by atoms with Crippen molar-refractivity contribution in [3.8, 4) is 0 Å². The Labute approximate surface area is 94.1 Å².